The van der Waals surface area contributed by atoms with E-state index in [2.05, 4.69) is 6.92 Å². The number of hydrogen-bond donors (Lipinski definition) is 1. The molecule has 1 N–H and O–H groups in total. The van der Waals surface area contributed by atoms with Crippen LogP contribution in [0, 0.1) is 0 Å². The first-order chi connectivity index (χ1) is 12.9. The van der Waals surface area contributed by atoms with Crippen molar-refractivity contribution < 1.29 is 19.4 Å². The summed E-state index contributed by atoms with van der Waals surface area (Å²) >= 11 is 12.7. The van der Waals surface area contributed by atoms with Crippen molar-refractivity contribution in [1.82, 2.24) is 0 Å². The summed E-state index contributed by atoms with van der Waals surface area (Å²) in [6, 6.07) is 11.4. The van der Waals surface area contributed by atoms with E-state index in [-0.39, 0.29) is 21.6 Å². The second-order valence-corrected chi connectivity index (χ2v) is 7.53. The van der Waals surface area contributed by atoms with Gasteiger partial charge < -0.3 is 9.84 Å². The fraction of sp³-hybridized carbons (Fsp3) is 0.333. The highest BCUT2D eigenvalue weighted by atomic mass is 35.5. The Morgan fingerprint density at radius 2 is 1.93 bits per heavy atom. The topological polar surface area (TPSA) is 63.6 Å². The lowest BCUT2D eigenvalue weighted by molar-refractivity contribution is -0.139. The van der Waals surface area contributed by atoms with Crippen molar-refractivity contribution in [3.05, 3.63) is 63.1 Å². The lowest BCUT2D eigenvalue weighted by atomic mass is 9.73. The Labute approximate surface area is 168 Å². The Bertz CT molecular complexity index is 879. The smallest absolute Gasteiger partial charge is 0.341 e. The lowest BCUT2D eigenvalue weighted by Gasteiger charge is -2.28. The summed E-state index contributed by atoms with van der Waals surface area (Å²) in [5.41, 5.74) is 1.44. The van der Waals surface area contributed by atoms with Crippen LogP contribution in [-0.4, -0.2) is 23.5 Å². The van der Waals surface area contributed by atoms with Gasteiger partial charge >= 0.3 is 5.97 Å². The number of carboxylic acid groups (broad SMARTS) is 1. The first-order valence-corrected chi connectivity index (χ1v) is 9.62. The van der Waals surface area contributed by atoms with Gasteiger partial charge in [0.15, 0.2) is 12.4 Å². The average molecular weight is 407 g/mol. The Hall–Kier alpha value is -2.04. The van der Waals surface area contributed by atoms with Gasteiger partial charge in [-0.05, 0) is 30.0 Å². The molecule has 0 saturated carbocycles. The summed E-state index contributed by atoms with van der Waals surface area (Å²) in [7, 11) is 0. The molecule has 0 heterocycles. The van der Waals surface area contributed by atoms with Gasteiger partial charge in [-0.15, -0.1) is 0 Å². The van der Waals surface area contributed by atoms with Gasteiger partial charge in [0, 0.05) is 5.56 Å². The molecule has 0 aromatic heterocycles. The van der Waals surface area contributed by atoms with Gasteiger partial charge in [0.1, 0.15) is 10.8 Å². The van der Waals surface area contributed by atoms with E-state index in [1.807, 2.05) is 30.3 Å². The summed E-state index contributed by atoms with van der Waals surface area (Å²) in [4.78, 5) is 24.3. The molecule has 1 unspecified atom stereocenters. The molecule has 1 atom stereocenters. The van der Waals surface area contributed by atoms with Gasteiger partial charge in [-0.25, -0.2) is 4.79 Å². The van der Waals surface area contributed by atoms with Crippen LogP contribution in [0.15, 0.2) is 36.4 Å². The maximum absolute atomic E-state index is 13.5. The fourth-order valence-corrected chi connectivity index (χ4v) is 4.25. The molecule has 4 nitrogen and oxygen atoms in total. The van der Waals surface area contributed by atoms with Crippen molar-refractivity contribution in [2.75, 3.05) is 6.61 Å². The summed E-state index contributed by atoms with van der Waals surface area (Å²) in [6.45, 7) is 1.56. The van der Waals surface area contributed by atoms with Crippen molar-refractivity contribution in [3.63, 3.8) is 0 Å². The van der Waals surface area contributed by atoms with E-state index in [0.29, 0.717) is 18.4 Å². The fourth-order valence-electron chi connectivity index (χ4n) is 3.74. The number of unbranched alkanes of at least 4 members (excludes halogenated alkanes) is 1. The number of carboxylic acids is 1. The summed E-state index contributed by atoms with van der Waals surface area (Å²) in [5, 5.41) is 9.05. The second-order valence-electron chi connectivity index (χ2n) is 6.78. The van der Waals surface area contributed by atoms with Crippen molar-refractivity contribution in [1.29, 1.82) is 0 Å². The maximum Gasteiger partial charge on any atom is 0.341 e. The molecule has 142 valence electrons. The van der Waals surface area contributed by atoms with Gasteiger partial charge in [-0.3, -0.25) is 4.79 Å². The van der Waals surface area contributed by atoms with E-state index in [1.165, 1.54) is 0 Å². The lowest BCUT2D eigenvalue weighted by Crippen LogP contribution is -2.33. The van der Waals surface area contributed by atoms with Crippen LogP contribution < -0.4 is 4.74 Å². The number of Topliss-reactive ketones (excluding diaryl/α,β-unsaturated/α-hetero) is 1. The third-order valence-electron chi connectivity index (χ3n) is 5.04. The second kappa shape index (κ2) is 7.91. The van der Waals surface area contributed by atoms with E-state index in [9.17, 15) is 9.59 Å². The standard InChI is InChI=1S/C21H20Cl2O4/c1-2-3-9-21(14-7-5-4-6-8-14)11-13-10-15(27-12-16(24)25)18(22)19(23)17(13)20(21)26/h4-8,10H,2-3,9,11-12H2,1H3,(H,24,25). The number of carbonyl (C=O) groups is 2. The minimum absolute atomic E-state index is 0.0335. The molecular formula is C21H20Cl2O4. The highest BCUT2D eigenvalue weighted by molar-refractivity contribution is 6.45. The van der Waals surface area contributed by atoms with E-state index < -0.39 is 18.0 Å². The summed E-state index contributed by atoms with van der Waals surface area (Å²) < 4.78 is 5.27. The molecule has 1 aliphatic carbocycles. The number of halogens is 2. The van der Waals surface area contributed by atoms with Crippen LogP contribution in [0.1, 0.15) is 47.7 Å². The number of ether oxygens (including phenoxy) is 1. The molecule has 27 heavy (non-hydrogen) atoms. The quantitative estimate of drug-likeness (QED) is 0.675. The van der Waals surface area contributed by atoms with Crippen molar-refractivity contribution in [2.45, 2.75) is 38.0 Å². The number of fused-ring (bicyclic) bond motifs is 1. The number of hydrogen-bond acceptors (Lipinski definition) is 3. The predicted octanol–water partition coefficient (Wildman–Crippen LogP) is 5.32. The van der Waals surface area contributed by atoms with E-state index in [1.54, 1.807) is 6.07 Å². The molecule has 3 rings (SSSR count). The van der Waals surface area contributed by atoms with Crippen molar-refractivity contribution >= 4 is 35.0 Å². The Morgan fingerprint density at radius 3 is 2.56 bits per heavy atom. The first-order valence-electron chi connectivity index (χ1n) is 8.86. The molecule has 2 aromatic rings. The van der Waals surface area contributed by atoms with E-state index >= 15 is 0 Å². The monoisotopic (exact) mass is 406 g/mol. The molecular weight excluding hydrogens is 387 g/mol. The largest absolute Gasteiger partial charge is 0.480 e. The molecule has 6 heteroatoms. The number of rotatable bonds is 7. The van der Waals surface area contributed by atoms with Gasteiger partial charge in [-0.1, -0.05) is 73.3 Å². The maximum atomic E-state index is 13.5. The van der Waals surface area contributed by atoms with Gasteiger partial charge in [0.05, 0.1) is 10.4 Å². The molecule has 0 aliphatic heterocycles. The predicted molar refractivity (Wildman–Crippen MR) is 105 cm³/mol. The summed E-state index contributed by atoms with van der Waals surface area (Å²) in [6.07, 6.45) is 3.08. The molecule has 0 amide bonds. The van der Waals surface area contributed by atoms with Crippen LogP contribution in [0.4, 0.5) is 0 Å². The van der Waals surface area contributed by atoms with Crippen molar-refractivity contribution in [3.8, 4) is 5.75 Å². The number of benzene rings is 2. The SMILES string of the molecule is CCCCC1(c2ccccc2)Cc2cc(OCC(=O)O)c(Cl)c(Cl)c2C1=O. The van der Waals surface area contributed by atoms with Crippen LogP contribution in [0.2, 0.25) is 10.0 Å². The van der Waals surface area contributed by atoms with Gasteiger partial charge in [0.2, 0.25) is 0 Å². The molecule has 0 saturated heterocycles. The number of carbonyl (C=O) groups excluding carboxylic acids is 1. The number of aliphatic carboxylic acids is 1. The Kier molecular flexibility index (Phi) is 5.78. The molecule has 0 spiro atoms. The first kappa shape index (κ1) is 19.7. The third-order valence-corrected chi connectivity index (χ3v) is 5.89. The van der Waals surface area contributed by atoms with Crippen molar-refractivity contribution in [2.24, 2.45) is 0 Å². The molecule has 0 bridgehead atoms. The number of ketones is 1. The van der Waals surface area contributed by atoms with E-state index in [4.69, 9.17) is 33.0 Å². The van der Waals surface area contributed by atoms with Gasteiger partial charge in [0.25, 0.3) is 0 Å². The Morgan fingerprint density at radius 1 is 1.22 bits per heavy atom. The zero-order valence-corrected chi connectivity index (χ0v) is 16.4. The third kappa shape index (κ3) is 3.56. The Balaban J connectivity index is 2.08. The minimum atomic E-state index is -1.11. The van der Waals surface area contributed by atoms with Crippen LogP contribution in [-0.2, 0) is 16.6 Å². The highest BCUT2D eigenvalue weighted by Gasteiger charge is 2.48. The highest BCUT2D eigenvalue weighted by Crippen LogP contribution is 2.49. The molecule has 2 aromatic carbocycles. The summed E-state index contributed by atoms with van der Waals surface area (Å²) in [5.74, 6) is -0.954. The molecule has 0 radical (unpaired) electrons. The van der Waals surface area contributed by atoms with Crippen LogP contribution in [0.5, 0.6) is 5.75 Å². The van der Waals surface area contributed by atoms with Gasteiger partial charge in [-0.2, -0.15) is 0 Å². The normalized spacial score (nSPS) is 18.4. The van der Waals surface area contributed by atoms with Crippen LogP contribution >= 0.6 is 23.2 Å². The molecule has 0 fully saturated rings. The zero-order valence-electron chi connectivity index (χ0n) is 14.9. The zero-order chi connectivity index (χ0) is 19.6. The molecule has 1 aliphatic rings. The average Bonchev–Trinajstić information content (AvgIpc) is 2.95. The van der Waals surface area contributed by atoms with Crippen LogP contribution in [0.3, 0.4) is 0 Å². The van der Waals surface area contributed by atoms with E-state index in [0.717, 1.165) is 24.0 Å². The minimum Gasteiger partial charge on any atom is -0.480 e. The van der Waals surface area contributed by atoms with Crippen LogP contribution in [0.25, 0.3) is 0 Å².